The topological polar surface area (TPSA) is 113 Å². The molecule has 30 heavy (non-hydrogen) atoms. The Labute approximate surface area is 173 Å². The van der Waals surface area contributed by atoms with Gasteiger partial charge in [0.05, 0.1) is 33.1 Å². The van der Waals surface area contributed by atoms with Crippen molar-refractivity contribution in [1.82, 2.24) is 4.57 Å². The molecule has 0 amide bonds. The lowest BCUT2D eigenvalue weighted by Gasteiger charge is -2.21. The summed E-state index contributed by atoms with van der Waals surface area (Å²) in [5.41, 5.74) is -0.436. The highest BCUT2D eigenvalue weighted by atomic mass is 16.5. The molecule has 1 aromatic heterocycles. The molecule has 162 valence electrons. The van der Waals surface area contributed by atoms with E-state index in [2.05, 4.69) is 0 Å². The standard InChI is InChI=1S/C21H25NO8/c1-7-29-20(25)16-11(3)22(12(4)17(19(16)24)21(26)30-8-2)13-9-14(27-5)18(23)15(10-13)28-6/h9-10,23H,7-8H2,1-6H3. The number of nitrogens with zero attached hydrogens (tertiary/aromatic N) is 1. The molecule has 2 rings (SSSR count). The molecule has 2 aromatic rings. The van der Waals surface area contributed by atoms with Gasteiger partial charge in [-0.3, -0.25) is 4.79 Å². The van der Waals surface area contributed by atoms with Crippen molar-refractivity contribution in [2.75, 3.05) is 27.4 Å². The van der Waals surface area contributed by atoms with Gasteiger partial charge < -0.3 is 28.6 Å². The average molecular weight is 419 g/mol. The fourth-order valence-electron chi connectivity index (χ4n) is 3.21. The zero-order valence-corrected chi connectivity index (χ0v) is 17.8. The predicted molar refractivity (Wildman–Crippen MR) is 108 cm³/mol. The van der Waals surface area contributed by atoms with Gasteiger partial charge in [0.1, 0.15) is 11.1 Å². The van der Waals surface area contributed by atoms with E-state index in [9.17, 15) is 19.5 Å². The van der Waals surface area contributed by atoms with Crippen molar-refractivity contribution in [1.29, 1.82) is 0 Å². The number of methoxy groups -OCH3 is 2. The van der Waals surface area contributed by atoms with Crippen LogP contribution in [0.3, 0.4) is 0 Å². The van der Waals surface area contributed by atoms with Crippen LogP contribution < -0.4 is 14.9 Å². The van der Waals surface area contributed by atoms with Crippen LogP contribution in [0, 0.1) is 13.8 Å². The molecule has 0 atom stereocenters. The number of phenolic OH excluding ortho intramolecular Hbond substituents is 1. The fraction of sp³-hybridized carbons (Fsp3) is 0.381. The molecule has 0 aliphatic rings. The smallest absolute Gasteiger partial charge is 0.343 e. The van der Waals surface area contributed by atoms with Crippen molar-refractivity contribution in [3.63, 3.8) is 0 Å². The van der Waals surface area contributed by atoms with Gasteiger partial charge >= 0.3 is 11.9 Å². The van der Waals surface area contributed by atoms with Crippen molar-refractivity contribution < 1.29 is 33.6 Å². The van der Waals surface area contributed by atoms with E-state index in [1.807, 2.05) is 0 Å². The highest BCUT2D eigenvalue weighted by molar-refractivity contribution is 5.96. The molecule has 1 aromatic carbocycles. The first-order valence-electron chi connectivity index (χ1n) is 9.29. The number of carbonyl (C=O) groups is 2. The normalized spacial score (nSPS) is 10.5. The number of benzene rings is 1. The molecular weight excluding hydrogens is 394 g/mol. The maximum Gasteiger partial charge on any atom is 0.343 e. The van der Waals surface area contributed by atoms with Gasteiger partial charge in [-0.15, -0.1) is 0 Å². The monoisotopic (exact) mass is 419 g/mol. The van der Waals surface area contributed by atoms with Crippen LogP contribution in [0.25, 0.3) is 5.69 Å². The Morgan fingerprint density at radius 2 is 1.30 bits per heavy atom. The van der Waals surface area contributed by atoms with Gasteiger partial charge in [0, 0.05) is 23.5 Å². The summed E-state index contributed by atoms with van der Waals surface area (Å²) in [6, 6.07) is 2.98. The predicted octanol–water partition coefficient (Wildman–Crippen LogP) is 2.53. The van der Waals surface area contributed by atoms with E-state index in [-0.39, 0.29) is 53.0 Å². The number of hydrogen-bond donors (Lipinski definition) is 1. The number of phenols is 1. The Morgan fingerprint density at radius 3 is 1.63 bits per heavy atom. The molecular formula is C21H25NO8. The minimum absolute atomic E-state index is 0.0567. The van der Waals surface area contributed by atoms with E-state index in [0.29, 0.717) is 5.69 Å². The van der Waals surface area contributed by atoms with Gasteiger partial charge in [0.25, 0.3) is 0 Å². The highest BCUT2D eigenvalue weighted by Gasteiger charge is 2.28. The first kappa shape index (κ1) is 22.8. The van der Waals surface area contributed by atoms with Crippen LogP contribution in [0.15, 0.2) is 16.9 Å². The maximum absolute atomic E-state index is 13.0. The van der Waals surface area contributed by atoms with Crippen LogP contribution in [0.2, 0.25) is 0 Å². The maximum atomic E-state index is 13.0. The van der Waals surface area contributed by atoms with E-state index < -0.39 is 17.4 Å². The molecule has 0 fully saturated rings. The number of rotatable bonds is 7. The van der Waals surface area contributed by atoms with E-state index in [1.54, 1.807) is 27.7 Å². The minimum Gasteiger partial charge on any atom is -0.502 e. The van der Waals surface area contributed by atoms with Crippen LogP contribution >= 0.6 is 0 Å². The first-order valence-corrected chi connectivity index (χ1v) is 9.29. The molecule has 1 heterocycles. The summed E-state index contributed by atoms with van der Waals surface area (Å²) >= 11 is 0. The zero-order chi connectivity index (χ0) is 22.6. The van der Waals surface area contributed by atoms with Crippen LogP contribution in [-0.4, -0.2) is 49.0 Å². The molecule has 0 saturated heterocycles. The first-order chi connectivity index (χ1) is 14.2. The summed E-state index contributed by atoms with van der Waals surface area (Å²) in [6.07, 6.45) is 0. The summed E-state index contributed by atoms with van der Waals surface area (Å²) in [6.45, 7) is 6.45. The van der Waals surface area contributed by atoms with Crippen LogP contribution in [0.5, 0.6) is 17.2 Å². The summed E-state index contributed by atoms with van der Waals surface area (Å²) in [7, 11) is 2.75. The van der Waals surface area contributed by atoms with Crippen LogP contribution in [-0.2, 0) is 9.47 Å². The molecule has 1 N–H and O–H groups in total. The molecule has 0 radical (unpaired) electrons. The highest BCUT2D eigenvalue weighted by Crippen LogP contribution is 2.39. The van der Waals surface area contributed by atoms with Crippen molar-refractivity contribution >= 4 is 11.9 Å². The van der Waals surface area contributed by atoms with Gasteiger partial charge in [-0.1, -0.05) is 0 Å². The van der Waals surface area contributed by atoms with Gasteiger partial charge in [-0.05, 0) is 27.7 Å². The Hall–Kier alpha value is -3.49. The summed E-state index contributed by atoms with van der Waals surface area (Å²) < 4.78 is 22.0. The molecule has 0 unspecified atom stereocenters. The van der Waals surface area contributed by atoms with Crippen molar-refractivity contribution in [3.05, 3.63) is 44.9 Å². The van der Waals surface area contributed by atoms with Crippen molar-refractivity contribution in [3.8, 4) is 22.9 Å². The fourth-order valence-corrected chi connectivity index (χ4v) is 3.21. The quantitative estimate of drug-likeness (QED) is 0.681. The number of carbonyl (C=O) groups excluding carboxylic acids is 2. The Bertz CT molecular complexity index is 965. The molecule has 0 spiro atoms. The zero-order valence-electron chi connectivity index (χ0n) is 17.8. The second kappa shape index (κ2) is 9.34. The van der Waals surface area contributed by atoms with Crippen molar-refractivity contribution in [2.45, 2.75) is 27.7 Å². The second-order valence-electron chi connectivity index (χ2n) is 6.23. The summed E-state index contributed by atoms with van der Waals surface area (Å²) in [5.74, 6) is -1.69. The van der Waals surface area contributed by atoms with E-state index >= 15 is 0 Å². The van der Waals surface area contributed by atoms with Gasteiger partial charge in [-0.2, -0.15) is 0 Å². The molecule has 0 saturated carbocycles. The Balaban J connectivity index is 2.97. The van der Waals surface area contributed by atoms with E-state index in [0.717, 1.165) is 0 Å². The lowest BCUT2D eigenvalue weighted by molar-refractivity contribution is 0.0519. The van der Waals surface area contributed by atoms with E-state index in [1.165, 1.54) is 30.9 Å². The molecule has 9 nitrogen and oxygen atoms in total. The van der Waals surface area contributed by atoms with Gasteiger partial charge in [0.15, 0.2) is 11.5 Å². The van der Waals surface area contributed by atoms with Gasteiger partial charge in [0.2, 0.25) is 11.2 Å². The molecule has 0 aliphatic heterocycles. The minimum atomic E-state index is -0.850. The average Bonchev–Trinajstić information content (AvgIpc) is 2.69. The third-order valence-corrected chi connectivity index (χ3v) is 4.53. The number of ether oxygens (including phenoxy) is 4. The number of hydrogen-bond acceptors (Lipinski definition) is 8. The third-order valence-electron chi connectivity index (χ3n) is 4.53. The molecule has 0 bridgehead atoms. The lowest BCUT2D eigenvalue weighted by atomic mass is 10.0. The van der Waals surface area contributed by atoms with Crippen LogP contribution in [0.4, 0.5) is 0 Å². The third kappa shape index (κ3) is 3.96. The number of pyridine rings is 1. The van der Waals surface area contributed by atoms with Crippen molar-refractivity contribution in [2.24, 2.45) is 0 Å². The Kier molecular flexibility index (Phi) is 7.10. The lowest BCUT2D eigenvalue weighted by Crippen LogP contribution is -2.31. The largest absolute Gasteiger partial charge is 0.502 e. The summed E-state index contributed by atoms with van der Waals surface area (Å²) in [4.78, 5) is 38.1. The number of esters is 2. The second-order valence-corrected chi connectivity index (χ2v) is 6.23. The number of aromatic nitrogens is 1. The van der Waals surface area contributed by atoms with Crippen LogP contribution in [0.1, 0.15) is 46.0 Å². The molecule has 9 heteroatoms. The number of aromatic hydroxyl groups is 1. The summed E-state index contributed by atoms with van der Waals surface area (Å²) in [5, 5.41) is 10.2. The SMILES string of the molecule is CCOC(=O)c1c(C)n(-c2cc(OC)c(O)c(OC)c2)c(C)c(C(=O)OCC)c1=O. The van der Waals surface area contributed by atoms with E-state index in [4.69, 9.17) is 18.9 Å². The molecule has 0 aliphatic carbocycles. The Morgan fingerprint density at radius 1 is 0.900 bits per heavy atom. The van der Waals surface area contributed by atoms with Gasteiger partial charge in [-0.25, -0.2) is 9.59 Å².